The Balaban J connectivity index is 2.61. The zero-order valence-electron chi connectivity index (χ0n) is 9.53. The third kappa shape index (κ3) is 3.77. The topological polar surface area (TPSA) is 140 Å². The summed E-state index contributed by atoms with van der Waals surface area (Å²) in [5, 5.41) is 17.3. The predicted molar refractivity (Wildman–Crippen MR) is 62.7 cm³/mol. The van der Waals surface area contributed by atoms with Crippen molar-refractivity contribution < 1.29 is 19.2 Å². The van der Waals surface area contributed by atoms with Gasteiger partial charge in [-0.3, -0.25) is 20.3 Å². The first-order chi connectivity index (χ1) is 8.95. The van der Waals surface area contributed by atoms with Gasteiger partial charge in [0.25, 0.3) is 5.69 Å². The van der Waals surface area contributed by atoms with E-state index in [2.05, 4.69) is 4.74 Å². The maximum absolute atomic E-state index is 11.3. The number of amides is 2. The van der Waals surface area contributed by atoms with Crippen LogP contribution in [0.3, 0.4) is 0 Å². The van der Waals surface area contributed by atoms with Gasteiger partial charge in [-0.2, -0.15) is 4.90 Å². The van der Waals surface area contributed by atoms with E-state index in [1.807, 2.05) is 0 Å². The third-order valence-corrected chi connectivity index (χ3v) is 2.02. The summed E-state index contributed by atoms with van der Waals surface area (Å²) in [7, 11) is 0. The van der Waals surface area contributed by atoms with E-state index in [4.69, 9.17) is 11.1 Å². The molecule has 0 aliphatic heterocycles. The van der Waals surface area contributed by atoms with Gasteiger partial charge in [-0.1, -0.05) is 0 Å². The molecule has 2 amide bonds. The lowest BCUT2D eigenvalue weighted by Gasteiger charge is -2.11. The van der Waals surface area contributed by atoms with Crippen LogP contribution >= 0.6 is 0 Å². The number of nitrogens with one attached hydrogen (secondary N) is 1. The molecule has 3 N–H and O–H groups in total. The van der Waals surface area contributed by atoms with Gasteiger partial charge >= 0.3 is 12.5 Å². The number of imide groups is 1. The number of hydrogen-bond acceptors (Lipinski definition) is 6. The first kappa shape index (κ1) is 14.1. The first-order valence-electron chi connectivity index (χ1n) is 4.87. The molecule has 0 unspecified atom stereocenters. The smallest absolute Gasteiger partial charge is 0.424 e. The Kier molecular flexibility index (Phi) is 4.52. The molecule has 1 radical (unpaired) electrons. The first-order valence-corrected chi connectivity index (χ1v) is 4.87. The number of nitrogens with zero attached hydrogens (tertiary/aromatic N) is 2. The minimum absolute atomic E-state index is 0.0957. The fourth-order valence-corrected chi connectivity index (χ4v) is 1.11. The molecule has 0 fully saturated rings. The number of benzene rings is 1. The summed E-state index contributed by atoms with van der Waals surface area (Å²) in [4.78, 5) is 31.6. The maximum Gasteiger partial charge on any atom is 0.424 e. The molecular formula is C10H9N4O5. The molecule has 0 aromatic heterocycles. The van der Waals surface area contributed by atoms with Crippen molar-refractivity contribution >= 4 is 24.2 Å². The minimum atomic E-state index is -1.15. The van der Waals surface area contributed by atoms with E-state index in [0.717, 1.165) is 6.41 Å². The molecule has 0 saturated carbocycles. The standard InChI is InChI=1S/C10H9N4O5/c11-9(12)13(6-15)10(16)19-5-7-1-3-8(4-2-7)14(17)18/h1-4H,5H2,(H3,11,12). The molecule has 0 atom stereocenters. The van der Waals surface area contributed by atoms with Crippen molar-refractivity contribution in [3.63, 3.8) is 0 Å². The highest BCUT2D eigenvalue weighted by molar-refractivity contribution is 6.01. The van der Waals surface area contributed by atoms with E-state index in [1.54, 1.807) is 0 Å². The Hall–Kier alpha value is -2.97. The molecule has 19 heavy (non-hydrogen) atoms. The van der Waals surface area contributed by atoms with Gasteiger partial charge in [0.15, 0.2) is 0 Å². The second kappa shape index (κ2) is 6.10. The van der Waals surface area contributed by atoms with Gasteiger partial charge in [0.05, 0.1) is 4.92 Å². The van der Waals surface area contributed by atoms with Gasteiger partial charge in [-0.25, -0.2) is 4.79 Å². The zero-order chi connectivity index (χ0) is 14.4. The molecule has 9 heteroatoms. The van der Waals surface area contributed by atoms with Crippen LogP contribution in [0.4, 0.5) is 10.5 Å². The molecule has 0 bridgehead atoms. The molecule has 1 aromatic rings. The number of non-ortho nitro benzene ring substituents is 1. The number of ether oxygens (including phenoxy) is 1. The number of carbonyl (C=O) groups excluding carboxylic acids is 2. The fourth-order valence-electron chi connectivity index (χ4n) is 1.11. The summed E-state index contributed by atoms with van der Waals surface area (Å²) in [6.07, 6.45) is -0.0205. The van der Waals surface area contributed by atoms with E-state index >= 15 is 0 Å². The fraction of sp³-hybridized carbons (Fsp3) is 0.100. The van der Waals surface area contributed by atoms with Gasteiger partial charge in [0, 0.05) is 12.1 Å². The van der Waals surface area contributed by atoms with Crippen molar-refractivity contribution in [2.75, 3.05) is 0 Å². The lowest BCUT2D eigenvalue weighted by molar-refractivity contribution is -0.384. The number of hydrogen-bond donors (Lipinski definition) is 2. The molecule has 1 aromatic carbocycles. The number of guanidine groups is 1. The van der Waals surface area contributed by atoms with Crippen LogP contribution < -0.4 is 5.73 Å². The maximum atomic E-state index is 11.3. The lowest BCUT2D eigenvalue weighted by Crippen LogP contribution is -2.40. The van der Waals surface area contributed by atoms with Gasteiger partial charge in [0.1, 0.15) is 6.61 Å². The van der Waals surface area contributed by atoms with Crippen LogP contribution in [-0.4, -0.2) is 28.3 Å². The van der Waals surface area contributed by atoms with Gasteiger partial charge in [0.2, 0.25) is 5.96 Å². The largest absolute Gasteiger partial charge is 0.444 e. The van der Waals surface area contributed by atoms with Gasteiger partial charge < -0.3 is 10.5 Å². The molecular weight excluding hydrogens is 256 g/mol. The van der Waals surface area contributed by atoms with Crippen molar-refractivity contribution in [3.05, 3.63) is 39.9 Å². The second-order valence-electron chi connectivity index (χ2n) is 3.29. The molecule has 0 saturated heterocycles. The number of carbonyl (C=O) groups is 1. The van der Waals surface area contributed by atoms with Crippen LogP contribution in [0.5, 0.6) is 0 Å². The van der Waals surface area contributed by atoms with E-state index in [0.29, 0.717) is 5.56 Å². The Morgan fingerprint density at radius 1 is 1.47 bits per heavy atom. The second-order valence-corrected chi connectivity index (χ2v) is 3.29. The number of nitrogens with two attached hydrogens (primary N) is 1. The van der Waals surface area contributed by atoms with Crippen LogP contribution in [0.25, 0.3) is 0 Å². The van der Waals surface area contributed by atoms with Gasteiger partial charge in [-0.05, 0) is 17.7 Å². The van der Waals surface area contributed by atoms with E-state index in [9.17, 15) is 19.7 Å². The Morgan fingerprint density at radius 3 is 2.47 bits per heavy atom. The van der Waals surface area contributed by atoms with Crippen molar-refractivity contribution in [3.8, 4) is 0 Å². The Morgan fingerprint density at radius 2 is 2.05 bits per heavy atom. The normalized spacial score (nSPS) is 9.47. The zero-order valence-corrected chi connectivity index (χ0v) is 9.53. The highest BCUT2D eigenvalue weighted by Gasteiger charge is 2.18. The van der Waals surface area contributed by atoms with Crippen LogP contribution in [0, 0.1) is 15.5 Å². The number of nitro benzene ring substituents is 1. The van der Waals surface area contributed by atoms with E-state index < -0.39 is 17.0 Å². The highest BCUT2D eigenvalue weighted by atomic mass is 16.6. The molecule has 99 valence electrons. The van der Waals surface area contributed by atoms with E-state index in [1.165, 1.54) is 24.3 Å². The molecule has 0 heterocycles. The summed E-state index contributed by atoms with van der Waals surface area (Å²) in [5.74, 6) is -0.816. The van der Waals surface area contributed by atoms with Crippen LogP contribution in [0.1, 0.15) is 5.56 Å². The summed E-state index contributed by atoms with van der Waals surface area (Å²) in [6, 6.07) is 5.29. The predicted octanol–water partition coefficient (Wildman–Crippen LogP) is 0.494. The summed E-state index contributed by atoms with van der Waals surface area (Å²) < 4.78 is 4.68. The van der Waals surface area contributed by atoms with Crippen LogP contribution in [0.15, 0.2) is 24.3 Å². The van der Waals surface area contributed by atoms with Crippen molar-refractivity contribution in [2.24, 2.45) is 5.73 Å². The molecule has 1 rings (SSSR count). The van der Waals surface area contributed by atoms with Crippen molar-refractivity contribution in [1.82, 2.24) is 4.90 Å². The molecule has 0 aliphatic carbocycles. The Bertz CT molecular complexity index is 513. The van der Waals surface area contributed by atoms with Crippen LogP contribution in [0.2, 0.25) is 0 Å². The monoisotopic (exact) mass is 265 g/mol. The SMILES string of the molecule is N=C(N)N([C]=O)C(=O)OCc1ccc([N+](=O)[O-])cc1. The number of rotatable bonds is 4. The average Bonchev–Trinajstić information content (AvgIpc) is 2.37. The molecule has 0 aliphatic rings. The Labute approximate surface area is 107 Å². The summed E-state index contributed by atoms with van der Waals surface area (Å²) in [6.45, 7) is -0.220. The van der Waals surface area contributed by atoms with Crippen LogP contribution in [-0.2, 0) is 16.1 Å². The third-order valence-electron chi connectivity index (χ3n) is 2.02. The lowest BCUT2D eigenvalue weighted by atomic mass is 10.2. The molecule has 9 nitrogen and oxygen atoms in total. The van der Waals surface area contributed by atoms with Gasteiger partial charge in [-0.15, -0.1) is 0 Å². The highest BCUT2D eigenvalue weighted by Crippen LogP contribution is 2.12. The van der Waals surface area contributed by atoms with Crippen molar-refractivity contribution in [2.45, 2.75) is 6.61 Å². The molecule has 0 spiro atoms. The summed E-state index contributed by atoms with van der Waals surface area (Å²) >= 11 is 0. The minimum Gasteiger partial charge on any atom is -0.444 e. The average molecular weight is 265 g/mol. The van der Waals surface area contributed by atoms with E-state index in [-0.39, 0.29) is 17.2 Å². The quantitative estimate of drug-likeness (QED) is 0.267. The number of nitro groups is 1. The van der Waals surface area contributed by atoms with Crippen molar-refractivity contribution in [1.29, 1.82) is 5.41 Å². The summed E-state index contributed by atoms with van der Waals surface area (Å²) in [5.41, 5.74) is 5.33.